The fraction of sp³-hybridized carbons (Fsp3) is 0.286. The SMILES string of the molecule is NC(=O)NC(CC(=O)OCC(=O)N1CCCc2ccccc21)c1ccccc1Cl. The van der Waals surface area contributed by atoms with E-state index in [-0.39, 0.29) is 18.9 Å². The fourth-order valence-corrected chi connectivity index (χ4v) is 3.67. The number of benzene rings is 2. The molecular weight excluding hydrogens is 394 g/mol. The number of para-hydroxylation sites is 1. The number of nitrogens with zero attached hydrogens (tertiary/aromatic N) is 1. The smallest absolute Gasteiger partial charge is 0.312 e. The van der Waals surface area contributed by atoms with Crippen LogP contribution in [0.5, 0.6) is 0 Å². The number of rotatable bonds is 6. The molecule has 3 rings (SSSR count). The molecule has 0 saturated heterocycles. The van der Waals surface area contributed by atoms with Gasteiger partial charge in [-0.15, -0.1) is 0 Å². The number of amides is 3. The van der Waals surface area contributed by atoms with Crippen LogP contribution >= 0.6 is 11.6 Å². The lowest BCUT2D eigenvalue weighted by Gasteiger charge is -2.29. The third-order valence-electron chi connectivity index (χ3n) is 4.74. The summed E-state index contributed by atoms with van der Waals surface area (Å²) < 4.78 is 5.18. The molecule has 2 aromatic rings. The van der Waals surface area contributed by atoms with Gasteiger partial charge in [0, 0.05) is 17.3 Å². The highest BCUT2D eigenvalue weighted by Crippen LogP contribution is 2.27. The minimum Gasteiger partial charge on any atom is -0.455 e. The van der Waals surface area contributed by atoms with E-state index in [1.54, 1.807) is 29.2 Å². The van der Waals surface area contributed by atoms with Crippen molar-refractivity contribution in [3.8, 4) is 0 Å². The minimum atomic E-state index is -0.788. The van der Waals surface area contributed by atoms with Crippen molar-refractivity contribution in [2.75, 3.05) is 18.1 Å². The third-order valence-corrected chi connectivity index (χ3v) is 5.08. The minimum absolute atomic E-state index is 0.198. The molecule has 3 N–H and O–H groups in total. The Morgan fingerprint density at radius 1 is 1.14 bits per heavy atom. The molecule has 1 aliphatic rings. The number of ether oxygens (including phenoxy) is 1. The number of carbonyl (C=O) groups excluding carboxylic acids is 3. The topological polar surface area (TPSA) is 102 Å². The molecule has 2 aromatic carbocycles. The number of anilines is 1. The van der Waals surface area contributed by atoms with Crippen LogP contribution in [0.25, 0.3) is 0 Å². The molecule has 1 heterocycles. The number of aryl methyl sites for hydroxylation is 1. The Labute approximate surface area is 173 Å². The molecule has 1 aliphatic heterocycles. The standard InChI is InChI=1S/C21H22ClN3O4/c22-16-9-3-2-8-15(16)17(24-21(23)28)12-20(27)29-13-19(26)25-11-5-7-14-6-1-4-10-18(14)25/h1-4,6,8-10,17H,5,7,11-13H2,(H3,23,24,28). The highest BCUT2D eigenvalue weighted by atomic mass is 35.5. The maximum absolute atomic E-state index is 12.6. The molecule has 29 heavy (non-hydrogen) atoms. The van der Waals surface area contributed by atoms with Gasteiger partial charge >= 0.3 is 12.0 Å². The average Bonchev–Trinajstić information content (AvgIpc) is 2.71. The maximum Gasteiger partial charge on any atom is 0.312 e. The van der Waals surface area contributed by atoms with Gasteiger partial charge < -0.3 is 20.7 Å². The van der Waals surface area contributed by atoms with Crippen molar-refractivity contribution in [1.29, 1.82) is 0 Å². The normalized spacial score (nSPS) is 13.9. The molecule has 0 radical (unpaired) electrons. The molecule has 0 bridgehead atoms. The molecular formula is C21H22ClN3O4. The van der Waals surface area contributed by atoms with Crippen molar-refractivity contribution in [3.63, 3.8) is 0 Å². The van der Waals surface area contributed by atoms with Gasteiger partial charge in [0.2, 0.25) is 0 Å². The maximum atomic E-state index is 12.6. The Morgan fingerprint density at radius 3 is 2.62 bits per heavy atom. The fourth-order valence-electron chi connectivity index (χ4n) is 3.41. The Balaban J connectivity index is 1.62. The first kappa shape index (κ1) is 20.7. The van der Waals surface area contributed by atoms with E-state index >= 15 is 0 Å². The van der Waals surface area contributed by atoms with Crippen LogP contribution in [0.2, 0.25) is 5.02 Å². The van der Waals surface area contributed by atoms with Crippen molar-refractivity contribution in [1.82, 2.24) is 5.32 Å². The first-order valence-corrected chi connectivity index (χ1v) is 9.68. The van der Waals surface area contributed by atoms with Gasteiger partial charge in [0.05, 0.1) is 12.5 Å². The number of nitrogens with two attached hydrogens (primary N) is 1. The molecule has 0 aromatic heterocycles. The zero-order valence-corrected chi connectivity index (χ0v) is 16.5. The van der Waals surface area contributed by atoms with Gasteiger partial charge in [-0.3, -0.25) is 9.59 Å². The summed E-state index contributed by atoms with van der Waals surface area (Å²) in [5, 5.41) is 2.88. The Morgan fingerprint density at radius 2 is 1.86 bits per heavy atom. The van der Waals surface area contributed by atoms with Crippen LogP contribution in [0, 0.1) is 0 Å². The summed E-state index contributed by atoms with van der Waals surface area (Å²) in [5.74, 6) is -0.926. The first-order chi connectivity index (χ1) is 14.0. The zero-order chi connectivity index (χ0) is 20.8. The summed E-state index contributed by atoms with van der Waals surface area (Å²) in [7, 11) is 0. The molecule has 1 atom stereocenters. The van der Waals surface area contributed by atoms with Crippen molar-refractivity contribution >= 4 is 35.2 Å². The first-order valence-electron chi connectivity index (χ1n) is 9.30. The number of esters is 1. The monoisotopic (exact) mass is 415 g/mol. The summed E-state index contributed by atoms with van der Waals surface area (Å²) in [6, 6.07) is 13.0. The van der Waals surface area contributed by atoms with Gasteiger partial charge in [-0.1, -0.05) is 48.0 Å². The van der Waals surface area contributed by atoms with Crippen molar-refractivity contribution < 1.29 is 19.1 Å². The summed E-state index contributed by atoms with van der Waals surface area (Å²) >= 11 is 6.16. The van der Waals surface area contributed by atoms with E-state index in [0.29, 0.717) is 17.1 Å². The van der Waals surface area contributed by atoms with Crippen LogP contribution in [0.15, 0.2) is 48.5 Å². The summed E-state index contributed by atoms with van der Waals surface area (Å²) in [6.07, 6.45) is 1.57. The van der Waals surface area contributed by atoms with Gasteiger partial charge in [-0.2, -0.15) is 0 Å². The van der Waals surface area contributed by atoms with E-state index in [9.17, 15) is 14.4 Å². The van der Waals surface area contributed by atoms with Gasteiger partial charge in [-0.05, 0) is 36.1 Å². The molecule has 0 fully saturated rings. The van der Waals surface area contributed by atoms with Crippen LogP contribution in [0.1, 0.15) is 30.0 Å². The van der Waals surface area contributed by atoms with Gasteiger partial charge in [0.25, 0.3) is 5.91 Å². The number of fused-ring (bicyclic) bond motifs is 1. The molecule has 3 amide bonds. The van der Waals surface area contributed by atoms with Crippen molar-refractivity contribution in [2.24, 2.45) is 5.73 Å². The van der Waals surface area contributed by atoms with Crippen LogP contribution in [-0.2, 0) is 20.7 Å². The van der Waals surface area contributed by atoms with Crippen LogP contribution in [-0.4, -0.2) is 31.1 Å². The molecule has 1 unspecified atom stereocenters. The number of nitrogens with one attached hydrogen (secondary N) is 1. The lowest BCUT2D eigenvalue weighted by atomic mass is 10.0. The summed E-state index contributed by atoms with van der Waals surface area (Å²) in [6.45, 7) is 0.206. The van der Waals surface area contributed by atoms with E-state index < -0.39 is 18.0 Å². The molecule has 152 valence electrons. The van der Waals surface area contributed by atoms with E-state index in [0.717, 1.165) is 24.1 Å². The highest BCUT2D eigenvalue weighted by molar-refractivity contribution is 6.31. The predicted molar refractivity (Wildman–Crippen MR) is 110 cm³/mol. The van der Waals surface area contributed by atoms with Crippen molar-refractivity contribution in [2.45, 2.75) is 25.3 Å². The zero-order valence-electron chi connectivity index (χ0n) is 15.8. The number of hydrogen-bond donors (Lipinski definition) is 2. The van der Waals surface area contributed by atoms with Gasteiger partial charge in [-0.25, -0.2) is 4.79 Å². The Hall–Kier alpha value is -3.06. The second-order valence-corrected chi connectivity index (χ2v) is 7.13. The van der Waals surface area contributed by atoms with Gasteiger partial charge in [0.15, 0.2) is 6.61 Å². The molecule has 0 saturated carbocycles. The van der Waals surface area contributed by atoms with E-state index in [2.05, 4.69) is 5.32 Å². The predicted octanol–water partition coefficient (Wildman–Crippen LogP) is 2.96. The lowest BCUT2D eigenvalue weighted by Crippen LogP contribution is -2.39. The van der Waals surface area contributed by atoms with Gasteiger partial charge in [0.1, 0.15) is 0 Å². The van der Waals surface area contributed by atoms with E-state index in [1.807, 2.05) is 24.3 Å². The van der Waals surface area contributed by atoms with Crippen LogP contribution in [0.4, 0.5) is 10.5 Å². The number of halogens is 1. The largest absolute Gasteiger partial charge is 0.455 e. The third kappa shape index (κ3) is 5.26. The van der Waals surface area contributed by atoms with Crippen molar-refractivity contribution in [3.05, 3.63) is 64.7 Å². The number of urea groups is 1. The Kier molecular flexibility index (Phi) is 6.72. The van der Waals surface area contributed by atoms with E-state index in [1.165, 1.54) is 0 Å². The second kappa shape index (κ2) is 9.43. The average molecular weight is 416 g/mol. The molecule has 0 spiro atoms. The number of primary amides is 1. The lowest BCUT2D eigenvalue weighted by molar-refractivity contribution is -0.148. The molecule has 8 heteroatoms. The Bertz CT molecular complexity index is 918. The van der Waals surface area contributed by atoms with Crippen LogP contribution < -0.4 is 16.0 Å². The van der Waals surface area contributed by atoms with Crippen LogP contribution in [0.3, 0.4) is 0 Å². The highest BCUT2D eigenvalue weighted by Gasteiger charge is 2.25. The number of hydrogen-bond acceptors (Lipinski definition) is 4. The van der Waals surface area contributed by atoms with E-state index in [4.69, 9.17) is 22.1 Å². The summed E-state index contributed by atoms with van der Waals surface area (Å²) in [5.41, 5.74) is 7.71. The number of carbonyl (C=O) groups is 3. The second-order valence-electron chi connectivity index (χ2n) is 6.73. The molecule has 0 aliphatic carbocycles. The molecule has 7 nitrogen and oxygen atoms in total. The summed E-state index contributed by atoms with van der Waals surface area (Å²) in [4.78, 5) is 37.9. The quantitative estimate of drug-likeness (QED) is 0.708.